The van der Waals surface area contributed by atoms with Gasteiger partial charge >= 0.3 is 0 Å². The summed E-state index contributed by atoms with van der Waals surface area (Å²) >= 11 is 0. The van der Waals surface area contributed by atoms with Crippen molar-refractivity contribution < 1.29 is 18.7 Å². The van der Waals surface area contributed by atoms with Gasteiger partial charge in [0.2, 0.25) is 5.91 Å². The molecule has 2 aromatic carbocycles. The van der Waals surface area contributed by atoms with Crippen LogP contribution in [0.4, 0.5) is 4.39 Å². The van der Waals surface area contributed by atoms with Crippen molar-refractivity contribution in [1.82, 2.24) is 5.32 Å². The third-order valence-electron chi connectivity index (χ3n) is 5.39. The predicted molar refractivity (Wildman–Crippen MR) is 97.9 cm³/mol. The molecule has 0 radical (unpaired) electrons. The van der Waals surface area contributed by atoms with Crippen LogP contribution in [0.2, 0.25) is 0 Å². The second kappa shape index (κ2) is 6.63. The maximum absolute atomic E-state index is 13.3. The number of benzene rings is 2. The average Bonchev–Trinajstić information content (AvgIpc) is 3.23. The molecular weight excluding hydrogens is 333 g/mol. The number of ether oxygens (including phenoxy) is 2. The Morgan fingerprint density at radius 3 is 2.31 bits per heavy atom. The van der Waals surface area contributed by atoms with Gasteiger partial charge < -0.3 is 14.8 Å². The number of methoxy groups -OCH3 is 2. The molecule has 0 bridgehead atoms. The molecule has 1 fully saturated rings. The van der Waals surface area contributed by atoms with Gasteiger partial charge in [-0.3, -0.25) is 4.79 Å². The lowest BCUT2D eigenvalue weighted by Gasteiger charge is -2.21. The molecule has 0 saturated heterocycles. The third-order valence-corrected chi connectivity index (χ3v) is 5.39. The summed E-state index contributed by atoms with van der Waals surface area (Å²) in [7, 11) is 3.16. The van der Waals surface area contributed by atoms with Gasteiger partial charge in [-0.05, 0) is 35.6 Å². The second-order valence-electron chi connectivity index (χ2n) is 7.31. The van der Waals surface area contributed by atoms with Crippen LogP contribution in [0.1, 0.15) is 31.4 Å². The smallest absolute Gasteiger partial charge is 0.231 e. The summed E-state index contributed by atoms with van der Waals surface area (Å²) in [6.07, 6.45) is 0.729. The van der Waals surface area contributed by atoms with E-state index in [0.29, 0.717) is 18.0 Å². The van der Waals surface area contributed by atoms with Crippen LogP contribution in [-0.2, 0) is 16.8 Å². The molecule has 1 atom stereocenters. The lowest BCUT2D eigenvalue weighted by molar-refractivity contribution is -0.124. The largest absolute Gasteiger partial charge is 0.493 e. The number of hydrogen-bond acceptors (Lipinski definition) is 3. The van der Waals surface area contributed by atoms with Gasteiger partial charge in [-0.25, -0.2) is 4.39 Å². The van der Waals surface area contributed by atoms with Crippen LogP contribution in [0, 0.1) is 11.2 Å². The summed E-state index contributed by atoms with van der Waals surface area (Å²) in [4.78, 5) is 13.1. The van der Waals surface area contributed by atoms with E-state index in [0.717, 1.165) is 17.5 Å². The van der Waals surface area contributed by atoms with Crippen molar-refractivity contribution in [1.29, 1.82) is 0 Å². The fourth-order valence-electron chi connectivity index (χ4n) is 3.78. The van der Waals surface area contributed by atoms with Crippen LogP contribution >= 0.6 is 0 Å². The van der Waals surface area contributed by atoms with Gasteiger partial charge in [-0.15, -0.1) is 0 Å². The normalized spacial score (nSPS) is 20.3. The Kier molecular flexibility index (Phi) is 4.65. The van der Waals surface area contributed by atoms with Crippen LogP contribution in [0.5, 0.6) is 11.5 Å². The van der Waals surface area contributed by atoms with Gasteiger partial charge in [0.25, 0.3) is 0 Å². The Labute approximate surface area is 153 Å². The van der Waals surface area contributed by atoms with Crippen LogP contribution in [0.15, 0.2) is 42.5 Å². The van der Waals surface area contributed by atoms with Crippen LogP contribution in [-0.4, -0.2) is 20.1 Å². The fraction of sp³-hybridized carbons (Fsp3) is 0.381. The van der Waals surface area contributed by atoms with Crippen molar-refractivity contribution in [2.24, 2.45) is 5.41 Å². The van der Waals surface area contributed by atoms with Gasteiger partial charge in [0.05, 0.1) is 19.6 Å². The Morgan fingerprint density at radius 2 is 1.77 bits per heavy atom. The Hall–Kier alpha value is -2.56. The van der Waals surface area contributed by atoms with E-state index >= 15 is 0 Å². The molecule has 1 saturated carbocycles. The molecule has 2 aromatic rings. The molecule has 0 aliphatic heterocycles. The first-order valence-electron chi connectivity index (χ1n) is 8.60. The fourth-order valence-corrected chi connectivity index (χ4v) is 3.78. The van der Waals surface area contributed by atoms with E-state index in [1.165, 1.54) is 12.1 Å². The zero-order valence-corrected chi connectivity index (χ0v) is 15.6. The van der Waals surface area contributed by atoms with Gasteiger partial charge in [0.15, 0.2) is 11.5 Å². The van der Waals surface area contributed by atoms with E-state index in [2.05, 4.69) is 19.2 Å². The van der Waals surface area contributed by atoms with Crippen molar-refractivity contribution in [2.45, 2.75) is 32.2 Å². The van der Waals surface area contributed by atoms with E-state index in [1.807, 2.05) is 18.2 Å². The van der Waals surface area contributed by atoms with E-state index < -0.39 is 5.41 Å². The summed E-state index contributed by atoms with van der Waals surface area (Å²) in [6.45, 7) is 4.45. The topological polar surface area (TPSA) is 47.6 Å². The van der Waals surface area contributed by atoms with Crippen LogP contribution < -0.4 is 14.8 Å². The number of nitrogens with one attached hydrogen (secondary N) is 1. The van der Waals surface area contributed by atoms with E-state index in [9.17, 15) is 9.18 Å². The molecule has 138 valence electrons. The molecule has 1 N–H and O–H groups in total. The number of carbonyl (C=O) groups excluding carboxylic acids is 1. The Balaban J connectivity index is 1.82. The van der Waals surface area contributed by atoms with Gasteiger partial charge in [0.1, 0.15) is 5.82 Å². The van der Waals surface area contributed by atoms with E-state index in [-0.39, 0.29) is 17.1 Å². The van der Waals surface area contributed by atoms with Crippen molar-refractivity contribution in [3.05, 3.63) is 59.4 Å². The number of carbonyl (C=O) groups is 1. The highest BCUT2D eigenvalue weighted by Gasteiger charge is 2.66. The number of rotatable bonds is 6. The zero-order chi connectivity index (χ0) is 18.9. The van der Waals surface area contributed by atoms with Crippen LogP contribution in [0.25, 0.3) is 0 Å². The molecule has 0 unspecified atom stereocenters. The molecule has 4 nitrogen and oxygen atoms in total. The average molecular weight is 357 g/mol. The maximum Gasteiger partial charge on any atom is 0.231 e. The number of amides is 1. The molecule has 1 amide bonds. The Morgan fingerprint density at radius 1 is 1.12 bits per heavy atom. The summed E-state index contributed by atoms with van der Waals surface area (Å²) in [6, 6.07) is 11.8. The van der Waals surface area contributed by atoms with Gasteiger partial charge in [0, 0.05) is 12.1 Å². The minimum absolute atomic E-state index is 0.0565. The highest BCUT2D eigenvalue weighted by atomic mass is 19.1. The van der Waals surface area contributed by atoms with E-state index in [1.54, 1.807) is 26.4 Å². The van der Waals surface area contributed by atoms with Crippen molar-refractivity contribution in [2.75, 3.05) is 14.2 Å². The quantitative estimate of drug-likeness (QED) is 0.855. The van der Waals surface area contributed by atoms with Crippen LogP contribution in [0.3, 0.4) is 0 Å². The first-order valence-corrected chi connectivity index (χ1v) is 8.60. The molecule has 0 heterocycles. The molecule has 3 rings (SSSR count). The molecule has 0 spiro atoms. The van der Waals surface area contributed by atoms with Gasteiger partial charge in [-0.2, -0.15) is 0 Å². The number of hydrogen-bond donors (Lipinski definition) is 1. The highest BCUT2D eigenvalue weighted by molar-refractivity contribution is 5.93. The minimum atomic E-state index is -0.632. The monoisotopic (exact) mass is 357 g/mol. The van der Waals surface area contributed by atoms with Crippen molar-refractivity contribution in [3.8, 4) is 11.5 Å². The zero-order valence-electron chi connectivity index (χ0n) is 15.6. The van der Waals surface area contributed by atoms with Crippen molar-refractivity contribution in [3.63, 3.8) is 0 Å². The summed E-state index contributed by atoms with van der Waals surface area (Å²) in [5.41, 5.74) is 0.882. The molecular formula is C21H24FNO3. The summed E-state index contributed by atoms with van der Waals surface area (Å²) in [5, 5.41) is 3.03. The summed E-state index contributed by atoms with van der Waals surface area (Å²) < 4.78 is 24.0. The first kappa shape index (κ1) is 18.2. The maximum atomic E-state index is 13.3. The second-order valence-corrected chi connectivity index (χ2v) is 7.31. The lowest BCUT2D eigenvalue weighted by Crippen LogP contribution is -2.37. The lowest BCUT2D eigenvalue weighted by atomic mass is 9.87. The Bertz CT molecular complexity index is 817. The molecule has 26 heavy (non-hydrogen) atoms. The molecule has 0 aromatic heterocycles. The standard InChI is InChI=1S/C21H24FNO3/c1-20(2)13-21(20,15-8-10-16(22)11-9-15)19(24)23-12-14-6-5-7-17(25-3)18(14)26-4/h5-11H,12-13H2,1-4H3,(H,23,24)/t21-/m0/s1. The summed E-state index contributed by atoms with van der Waals surface area (Å²) in [5.74, 6) is 0.878. The SMILES string of the molecule is COc1cccc(CNC(=O)[C@@]2(c3ccc(F)cc3)CC2(C)C)c1OC. The molecule has 5 heteroatoms. The first-order chi connectivity index (χ1) is 12.4. The third kappa shape index (κ3) is 2.91. The number of halogens is 1. The molecule has 1 aliphatic carbocycles. The van der Waals surface area contributed by atoms with E-state index in [4.69, 9.17) is 9.47 Å². The highest BCUT2D eigenvalue weighted by Crippen LogP contribution is 2.64. The van der Waals surface area contributed by atoms with Crippen molar-refractivity contribution >= 4 is 5.91 Å². The predicted octanol–water partition coefficient (Wildman–Crippen LogP) is 3.83. The number of para-hydroxylation sites is 1. The minimum Gasteiger partial charge on any atom is -0.493 e. The van der Waals surface area contributed by atoms with Gasteiger partial charge in [-0.1, -0.05) is 38.1 Å². The molecule has 1 aliphatic rings.